The molecular formula is C20H16N2O4S. The van der Waals surface area contributed by atoms with Crippen LogP contribution >= 0.6 is 11.8 Å². The summed E-state index contributed by atoms with van der Waals surface area (Å²) >= 11 is 0.786. The van der Waals surface area contributed by atoms with Crippen molar-refractivity contribution in [3.05, 3.63) is 77.2 Å². The number of amides is 3. The number of carbonyl (C=O) groups excluding carboxylic acids is 3. The van der Waals surface area contributed by atoms with Gasteiger partial charge in [-0.25, -0.2) is 0 Å². The van der Waals surface area contributed by atoms with Crippen molar-refractivity contribution < 1.29 is 19.5 Å². The SMILES string of the molecule is O=C(CN1C(=O)S/C(=C\C=C\c2ccccc2)C1=O)Nc1ccccc1O. The van der Waals surface area contributed by atoms with Gasteiger partial charge in [-0.15, -0.1) is 0 Å². The van der Waals surface area contributed by atoms with E-state index in [1.807, 2.05) is 36.4 Å². The monoisotopic (exact) mass is 380 g/mol. The topological polar surface area (TPSA) is 86.7 Å². The van der Waals surface area contributed by atoms with Crippen molar-refractivity contribution >= 4 is 40.6 Å². The minimum Gasteiger partial charge on any atom is -0.506 e. The third-order valence-electron chi connectivity index (χ3n) is 3.69. The molecule has 1 heterocycles. The Morgan fingerprint density at radius 2 is 1.78 bits per heavy atom. The van der Waals surface area contributed by atoms with Gasteiger partial charge in [0.2, 0.25) is 5.91 Å². The number of phenolic OH excluding ortho intramolecular Hbond substituents is 1. The van der Waals surface area contributed by atoms with Gasteiger partial charge in [0.05, 0.1) is 10.6 Å². The molecule has 2 aromatic carbocycles. The van der Waals surface area contributed by atoms with Crippen molar-refractivity contribution in [3.63, 3.8) is 0 Å². The molecule has 0 saturated carbocycles. The number of thioether (sulfide) groups is 1. The average Bonchev–Trinajstić information content (AvgIpc) is 2.92. The molecule has 2 N–H and O–H groups in total. The van der Waals surface area contributed by atoms with Crippen LogP contribution < -0.4 is 5.32 Å². The predicted octanol–water partition coefficient (Wildman–Crippen LogP) is 3.62. The van der Waals surface area contributed by atoms with Crippen molar-refractivity contribution in [2.75, 3.05) is 11.9 Å². The maximum atomic E-state index is 12.4. The van der Waals surface area contributed by atoms with Gasteiger partial charge in [-0.05, 0) is 35.5 Å². The number of allylic oxidation sites excluding steroid dienone is 2. The Hall–Kier alpha value is -3.32. The highest BCUT2D eigenvalue weighted by Crippen LogP contribution is 2.30. The number of carbonyl (C=O) groups is 3. The molecule has 6 nitrogen and oxygen atoms in total. The molecule has 0 aromatic heterocycles. The molecule has 0 spiro atoms. The van der Waals surface area contributed by atoms with Gasteiger partial charge in [0.1, 0.15) is 12.3 Å². The summed E-state index contributed by atoms with van der Waals surface area (Å²) in [5.74, 6) is -1.18. The molecule has 1 aliphatic heterocycles. The first-order valence-electron chi connectivity index (χ1n) is 8.09. The van der Waals surface area contributed by atoms with E-state index < -0.39 is 23.6 Å². The first-order chi connectivity index (χ1) is 13.0. The zero-order valence-electron chi connectivity index (χ0n) is 14.2. The number of para-hydroxylation sites is 2. The highest BCUT2D eigenvalue weighted by molar-refractivity contribution is 8.18. The first-order valence-corrected chi connectivity index (χ1v) is 8.91. The van der Waals surface area contributed by atoms with Gasteiger partial charge in [-0.3, -0.25) is 19.3 Å². The first kappa shape index (κ1) is 18.5. The van der Waals surface area contributed by atoms with Gasteiger partial charge in [-0.1, -0.05) is 54.6 Å². The lowest BCUT2D eigenvalue weighted by Gasteiger charge is -2.12. The van der Waals surface area contributed by atoms with Gasteiger partial charge < -0.3 is 10.4 Å². The summed E-state index contributed by atoms with van der Waals surface area (Å²) in [4.78, 5) is 37.7. The van der Waals surface area contributed by atoms with Gasteiger partial charge in [0, 0.05) is 0 Å². The van der Waals surface area contributed by atoms with E-state index in [0.29, 0.717) is 0 Å². The molecule has 0 unspecified atom stereocenters. The van der Waals surface area contributed by atoms with E-state index in [9.17, 15) is 19.5 Å². The number of hydrogen-bond donors (Lipinski definition) is 2. The van der Waals surface area contributed by atoms with Crippen LogP contribution in [0.25, 0.3) is 6.08 Å². The highest BCUT2D eigenvalue weighted by Gasteiger charge is 2.36. The van der Waals surface area contributed by atoms with E-state index in [0.717, 1.165) is 22.2 Å². The molecule has 0 atom stereocenters. The van der Waals surface area contributed by atoms with Crippen LogP contribution in [0, 0.1) is 0 Å². The Balaban J connectivity index is 1.63. The van der Waals surface area contributed by atoms with E-state index in [2.05, 4.69) is 5.32 Å². The lowest BCUT2D eigenvalue weighted by Crippen LogP contribution is -2.36. The molecule has 136 valence electrons. The number of anilines is 1. The lowest BCUT2D eigenvalue weighted by molar-refractivity contribution is -0.127. The van der Waals surface area contributed by atoms with Gasteiger partial charge in [0.15, 0.2) is 0 Å². The average molecular weight is 380 g/mol. The fourth-order valence-electron chi connectivity index (χ4n) is 2.37. The largest absolute Gasteiger partial charge is 0.506 e. The van der Waals surface area contributed by atoms with Crippen molar-refractivity contribution in [1.82, 2.24) is 4.90 Å². The van der Waals surface area contributed by atoms with E-state index in [1.165, 1.54) is 12.1 Å². The second kappa shape index (κ2) is 8.37. The van der Waals surface area contributed by atoms with Crippen LogP contribution in [0.15, 0.2) is 71.7 Å². The summed E-state index contributed by atoms with van der Waals surface area (Å²) < 4.78 is 0. The molecule has 0 aliphatic carbocycles. The third-order valence-corrected chi connectivity index (χ3v) is 4.61. The van der Waals surface area contributed by atoms with Crippen LogP contribution in [0.3, 0.4) is 0 Å². The summed E-state index contributed by atoms with van der Waals surface area (Å²) in [7, 11) is 0. The lowest BCUT2D eigenvalue weighted by atomic mass is 10.2. The molecule has 7 heteroatoms. The molecule has 0 radical (unpaired) electrons. The predicted molar refractivity (Wildman–Crippen MR) is 105 cm³/mol. The molecule has 3 rings (SSSR count). The van der Waals surface area contributed by atoms with Crippen molar-refractivity contribution in [1.29, 1.82) is 0 Å². The number of rotatable bonds is 5. The zero-order chi connectivity index (χ0) is 19.2. The minimum atomic E-state index is -0.570. The normalized spacial score (nSPS) is 15.7. The standard InChI is InChI=1S/C20H16N2O4S/c23-16-11-5-4-10-15(16)21-18(24)13-22-19(25)17(27-20(22)26)12-6-9-14-7-2-1-3-8-14/h1-12,23H,13H2,(H,21,24)/b9-6+,17-12-. The Kier molecular flexibility index (Phi) is 5.73. The Labute approximate surface area is 160 Å². The number of imide groups is 1. The maximum Gasteiger partial charge on any atom is 0.294 e. The van der Waals surface area contributed by atoms with Crippen LogP contribution in [0.5, 0.6) is 5.75 Å². The van der Waals surface area contributed by atoms with E-state index in [-0.39, 0.29) is 16.3 Å². The number of aromatic hydroxyl groups is 1. The molecule has 0 bridgehead atoms. The summed E-state index contributed by atoms with van der Waals surface area (Å²) in [5.41, 5.74) is 1.19. The Morgan fingerprint density at radius 1 is 1.07 bits per heavy atom. The quantitative estimate of drug-likeness (QED) is 0.611. The van der Waals surface area contributed by atoms with Crippen LogP contribution in [0.2, 0.25) is 0 Å². The minimum absolute atomic E-state index is 0.0917. The van der Waals surface area contributed by atoms with Gasteiger partial charge >= 0.3 is 0 Å². The zero-order valence-corrected chi connectivity index (χ0v) is 15.0. The number of hydrogen-bond acceptors (Lipinski definition) is 5. The summed E-state index contributed by atoms with van der Waals surface area (Å²) in [5, 5.41) is 11.6. The molecule has 27 heavy (non-hydrogen) atoms. The molecule has 2 aromatic rings. The fraction of sp³-hybridized carbons (Fsp3) is 0.0500. The van der Waals surface area contributed by atoms with Crippen LogP contribution in [0.1, 0.15) is 5.56 Å². The smallest absolute Gasteiger partial charge is 0.294 e. The molecule has 1 aliphatic rings. The van der Waals surface area contributed by atoms with Crippen molar-refractivity contribution in [3.8, 4) is 5.75 Å². The highest BCUT2D eigenvalue weighted by atomic mass is 32.2. The molecule has 1 fully saturated rings. The van der Waals surface area contributed by atoms with Crippen molar-refractivity contribution in [2.45, 2.75) is 0 Å². The van der Waals surface area contributed by atoms with Crippen LogP contribution in [0.4, 0.5) is 10.5 Å². The molecular weight excluding hydrogens is 364 g/mol. The van der Waals surface area contributed by atoms with Gasteiger partial charge in [-0.2, -0.15) is 0 Å². The number of benzene rings is 2. The third kappa shape index (κ3) is 4.65. The molecule has 3 amide bonds. The van der Waals surface area contributed by atoms with E-state index in [4.69, 9.17) is 0 Å². The number of nitrogens with zero attached hydrogens (tertiary/aromatic N) is 1. The number of nitrogens with one attached hydrogen (secondary N) is 1. The van der Waals surface area contributed by atoms with E-state index in [1.54, 1.807) is 24.3 Å². The summed E-state index contributed by atoms with van der Waals surface area (Å²) in [6, 6.07) is 15.8. The van der Waals surface area contributed by atoms with Gasteiger partial charge in [0.25, 0.3) is 11.1 Å². The fourth-order valence-corrected chi connectivity index (χ4v) is 3.16. The van der Waals surface area contributed by atoms with E-state index >= 15 is 0 Å². The van der Waals surface area contributed by atoms with Crippen molar-refractivity contribution in [2.24, 2.45) is 0 Å². The second-order valence-corrected chi connectivity index (χ2v) is 6.62. The summed E-state index contributed by atoms with van der Waals surface area (Å²) in [6.45, 7) is -0.418. The maximum absolute atomic E-state index is 12.4. The second-order valence-electron chi connectivity index (χ2n) is 5.63. The molecule has 1 saturated heterocycles. The Bertz CT molecular complexity index is 938. The Morgan fingerprint density at radius 3 is 2.52 bits per heavy atom. The van der Waals surface area contributed by atoms with Crippen LogP contribution in [-0.4, -0.2) is 33.6 Å². The van der Waals surface area contributed by atoms with Crippen LogP contribution in [-0.2, 0) is 9.59 Å². The number of phenols is 1. The summed E-state index contributed by atoms with van der Waals surface area (Å²) in [6.07, 6.45) is 5.06.